The summed E-state index contributed by atoms with van der Waals surface area (Å²) in [5.41, 5.74) is 1.02. The van der Waals surface area contributed by atoms with Gasteiger partial charge in [0.25, 0.3) is 0 Å². The number of ether oxygens (including phenoxy) is 1. The Kier molecular flexibility index (Phi) is 5.97. The van der Waals surface area contributed by atoms with E-state index in [-0.39, 0.29) is 50.6 Å². The zero-order valence-electron chi connectivity index (χ0n) is 16.5. The maximum absolute atomic E-state index is 13.5. The number of halogens is 2. The number of carbonyl (C=O) groups excluding carboxylic acids is 2. The Labute approximate surface area is 190 Å². The topological polar surface area (TPSA) is 117 Å². The Bertz CT molecular complexity index is 1200. The number of hydrogen-bond donors (Lipinski definition) is 3. The summed E-state index contributed by atoms with van der Waals surface area (Å²) in [5, 5.41) is 30.8. The molecule has 0 radical (unpaired) electrons. The highest BCUT2D eigenvalue weighted by Gasteiger charge is 2.31. The van der Waals surface area contributed by atoms with Crippen LogP contribution < -0.4 is 10.9 Å². The largest absolute Gasteiger partial charge is 0.506 e. The average Bonchev–Trinajstić information content (AvgIpc) is 3.08. The lowest BCUT2D eigenvalue weighted by molar-refractivity contribution is -0.146. The van der Waals surface area contributed by atoms with Crippen molar-refractivity contribution in [1.29, 1.82) is 0 Å². The van der Waals surface area contributed by atoms with Gasteiger partial charge in [-0.25, -0.2) is 0 Å². The number of rotatable bonds is 4. The number of phenols is 3. The van der Waals surface area contributed by atoms with Gasteiger partial charge in [0.05, 0.1) is 14.5 Å². The first kappa shape index (κ1) is 22.3. The van der Waals surface area contributed by atoms with Crippen LogP contribution in [0.4, 0.5) is 0 Å². The van der Waals surface area contributed by atoms with Crippen LogP contribution in [0.5, 0.6) is 17.2 Å². The van der Waals surface area contributed by atoms with Crippen LogP contribution in [0.25, 0.3) is 11.0 Å². The van der Waals surface area contributed by atoms with Crippen LogP contribution in [0.1, 0.15) is 41.6 Å². The SMILES string of the molecule is Bc1c(O)c(O)c(B)c2c(C(=O)c3cc(Br)c(O)c(Br)c3)c(C(C)OC(C)=O)oc12. The highest BCUT2D eigenvalue weighted by Crippen LogP contribution is 2.38. The van der Waals surface area contributed by atoms with E-state index in [0.29, 0.717) is 14.3 Å². The number of carbonyl (C=O) groups is 2. The molecule has 3 N–H and O–H groups in total. The Balaban J connectivity index is 2.38. The second-order valence-corrected chi connectivity index (χ2v) is 8.57. The molecule has 30 heavy (non-hydrogen) atoms. The Morgan fingerprint density at radius 2 is 1.57 bits per heavy atom. The van der Waals surface area contributed by atoms with E-state index in [4.69, 9.17) is 9.15 Å². The van der Waals surface area contributed by atoms with Crippen molar-refractivity contribution >= 4 is 81.2 Å². The number of aromatic hydroxyl groups is 3. The number of fused-ring (bicyclic) bond motifs is 1. The second-order valence-electron chi connectivity index (χ2n) is 6.86. The zero-order valence-corrected chi connectivity index (χ0v) is 19.6. The molecular formula is C19H16B2Br2O7. The van der Waals surface area contributed by atoms with Crippen molar-refractivity contribution in [1.82, 2.24) is 0 Å². The average molecular weight is 538 g/mol. The van der Waals surface area contributed by atoms with Crippen molar-refractivity contribution in [3.8, 4) is 17.2 Å². The smallest absolute Gasteiger partial charge is 0.303 e. The fraction of sp³-hybridized carbons (Fsp3) is 0.158. The van der Waals surface area contributed by atoms with E-state index in [1.54, 1.807) is 22.6 Å². The summed E-state index contributed by atoms with van der Waals surface area (Å²) in [5.74, 6) is -1.73. The molecule has 1 heterocycles. The number of ketones is 1. The summed E-state index contributed by atoms with van der Waals surface area (Å²) in [6, 6.07) is 2.90. The maximum Gasteiger partial charge on any atom is 0.303 e. The molecule has 0 saturated heterocycles. The van der Waals surface area contributed by atoms with Crippen molar-refractivity contribution in [2.45, 2.75) is 20.0 Å². The van der Waals surface area contributed by atoms with Crippen molar-refractivity contribution in [3.05, 3.63) is 38.0 Å². The highest BCUT2D eigenvalue weighted by molar-refractivity contribution is 9.11. The number of phenolic OH excluding ortho intramolecular Hbond substituents is 3. The predicted octanol–water partition coefficient (Wildman–Crippen LogP) is 1.45. The molecule has 0 aliphatic rings. The molecule has 7 nitrogen and oxygen atoms in total. The van der Waals surface area contributed by atoms with Gasteiger partial charge in [-0.3, -0.25) is 9.59 Å². The molecule has 0 spiro atoms. The van der Waals surface area contributed by atoms with Gasteiger partial charge in [-0.1, -0.05) is 0 Å². The number of benzene rings is 2. The van der Waals surface area contributed by atoms with Gasteiger partial charge in [-0.05, 0) is 61.8 Å². The third-order valence-electron chi connectivity index (χ3n) is 4.80. The van der Waals surface area contributed by atoms with E-state index in [1.807, 2.05) is 0 Å². The normalized spacial score (nSPS) is 12.1. The second kappa shape index (κ2) is 8.03. The van der Waals surface area contributed by atoms with Crippen molar-refractivity contribution in [3.63, 3.8) is 0 Å². The van der Waals surface area contributed by atoms with E-state index in [2.05, 4.69) is 31.9 Å². The number of furan rings is 1. The predicted molar refractivity (Wildman–Crippen MR) is 123 cm³/mol. The molecule has 0 aliphatic carbocycles. The quantitative estimate of drug-likeness (QED) is 0.200. The lowest BCUT2D eigenvalue weighted by Crippen LogP contribution is -2.16. The first-order valence-corrected chi connectivity index (χ1v) is 10.4. The summed E-state index contributed by atoms with van der Waals surface area (Å²) >= 11 is 6.42. The van der Waals surface area contributed by atoms with Gasteiger partial charge in [0.15, 0.2) is 29.1 Å². The number of esters is 1. The minimum absolute atomic E-state index is 0.0632. The van der Waals surface area contributed by atoms with Gasteiger partial charge in [0, 0.05) is 17.9 Å². The fourth-order valence-electron chi connectivity index (χ4n) is 3.31. The standard InChI is InChI=1S/C19H16B2Br2O7/c1-5(29-6(2)24)18-11(14(25)7-3-8(22)15(26)9(23)4-7)10-12(20)16(27)17(28)13(21)19(10)30-18/h3-5,26-28H,20-21H2,1-2H3. The molecule has 0 aliphatic heterocycles. The summed E-state index contributed by atoms with van der Waals surface area (Å²) < 4.78 is 11.7. The monoisotopic (exact) mass is 536 g/mol. The van der Waals surface area contributed by atoms with E-state index in [0.717, 1.165) is 0 Å². The van der Waals surface area contributed by atoms with Crippen LogP contribution in [0.15, 0.2) is 25.5 Å². The summed E-state index contributed by atoms with van der Waals surface area (Å²) in [4.78, 5) is 25.0. The molecule has 11 heteroatoms. The minimum Gasteiger partial charge on any atom is -0.506 e. The molecule has 154 valence electrons. The van der Waals surface area contributed by atoms with Crippen LogP contribution in [0.2, 0.25) is 0 Å². The van der Waals surface area contributed by atoms with Crippen LogP contribution >= 0.6 is 31.9 Å². The maximum atomic E-state index is 13.5. The first-order chi connectivity index (χ1) is 14.0. The van der Waals surface area contributed by atoms with Gasteiger partial charge in [0.1, 0.15) is 27.0 Å². The molecule has 0 bridgehead atoms. The van der Waals surface area contributed by atoms with E-state index in [1.165, 1.54) is 19.1 Å². The van der Waals surface area contributed by atoms with Crippen LogP contribution in [-0.4, -0.2) is 42.8 Å². The molecule has 0 saturated carbocycles. The van der Waals surface area contributed by atoms with E-state index in [9.17, 15) is 24.9 Å². The molecule has 3 rings (SSSR count). The van der Waals surface area contributed by atoms with E-state index < -0.39 is 17.9 Å². The first-order valence-electron chi connectivity index (χ1n) is 8.83. The van der Waals surface area contributed by atoms with E-state index >= 15 is 0 Å². The minimum atomic E-state index is -0.902. The molecule has 1 atom stereocenters. The van der Waals surface area contributed by atoms with Gasteiger partial charge < -0.3 is 24.5 Å². The fourth-order valence-corrected chi connectivity index (χ4v) is 4.49. The lowest BCUT2D eigenvalue weighted by atomic mass is 9.81. The molecule has 0 amide bonds. The van der Waals surface area contributed by atoms with Crippen LogP contribution in [0.3, 0.4) is 0 Å². The Hall–Kier alpha value is -2.39. The molecule has 1 aromatic heterocycles. The van der Waals surface area contributed by atoms with Gasteiger partial charge >= 0.3 is 5.97 Å². The lowest BCUT2D eigenvalue weighted by Gasteiger charge is -2.12. The zero-order chi connectivity index (χ0) is 22.5. The van der Waals surface area contributed by atoms with Gasteiger partial charge in [-0.15, -0.1) is 0 Å². The van der Waals surface area contributed by atoms with Crippen LogP contribution in [0, 0.1) is 0 Å². The number of hydrogen-bond acceptors (Lipinski definition) is 7. The molecule has 3 aromatic rings. The molecular weight excluding hydrogens is 522 g/mol. The van der Waals surface area contributed by atoms with Crippen molar-refractivity contribution in [2.75, 3.05) is 0 Å². The van der Waals surface area contributed by atoms with Crippen molar-refractivity contribution in [2.24, 2.45) is 0 Å². The van der Waals surface area contributed by atoms with Crippen LogP contribution in [-0.2, 0) is 9.53 Å². The molecule has 1 unspecified atom stereocenters. The molecule has 0 fully saturated rings. The Morgan fingerprint density at radius 3 is 2.10 bits per heavy atom. The molecule has 2 aromatic carbocycles. The Morgan fingerprint density at radius 1 is 1.03 bits per heavy atom. The van der Waals surface area contributed by atoms with Gasteiger partial charge in [-0.2, -0.15) is 0 Å². The van der Waals surface area contributed by atoms with Gasteiger partial charge in [0.2, 0.25) is 0 Å². The summed E-state index contributed by atoms with van der Waals surface area (Å²) in [6.45, 7) is 2.80. The van der Waals surface area contributed by atoms with Crippen molar-refractivity contribution < 1.29 is 34.1 Å². The third kappa shape index (κ3) is 3.60. The summed E-state index contributed by atoms with van der Waals surface area (Å²) in [6.07, 6.45) is -0.902. The highest BCUT2D eigenvalue weighted by atomic mass is 79.9. The summed E-state index contributed by atoms with van der Waals surface area (Å²) in [7, 11) is 3.09. The third-order valence-corrected chi connectivity index (χ3v) is 6.01.